The van der Waals surface area contributed by atoms with E-state index in [2.05, 4.69) is 29.9 Å². The third-order valence-corrected chi connectivity index (χ3v) is 7.71. The molecule has 0 bridgehead atoms. The number of sulfonamides is 1. The van der Waals surface area contributed by atoms with E-state index in [1.807, 2.05) is 12.3 Å². The molecule has 1 N–H and O–H groups in total. The summed E-state index contributed by atoms with van der Waals surface area (Å²) in [5.74, 6) is 1.58. The van der Waals surface area contributed by atoms with Gasteiger partial charge < -0.3 is 19.3 Å². The predicted octanol–water partition coefficient (Wildman–Crippen LogP) is 1.05. The van der Waals surface area contributed by atoms with E-state index < -0.39 is 10.0 Å². The number of carbonyl (C=O) groups excluding carboxylic acids is 1. The van der Waals surface area contributed by atoms with E-state index in [-0.39, 0.29) is 5.78 Å². The first-order chi connectivity index (χ1) is 15.9. The lowest BCUT2D eigenvalue weighted by Crippen LogP contribution is -2.48. The van der Waals surface area contributed by atoms with Crippen molar-refractivity contribution in [3.8, 4) is 0 Å². The molecular formula is C21H27N7O4S. The van der Waals surface area contributed by atoms with Crippen LogP contribution in [0.25, 0.3) is 11.0 Å². The molecular weight excluding hydrogens is 446 g/mol. The molecule has 0 atom stereocenters. The third kappa shape index (κ3) is 4.50. The highest BCUT2D eigenvalue weighted by atomic mass is 32.2. The Labute approximate surface area is 191 Å². The van der Waals surface area contributed by atoms with E-state index in [9.17, 15) is 13.2 Å². The standard InChI is InChI=1S/C21H27N7O4S/c1-33(30,31)28-11-9-26(10-12-28)7-2-3-17(29)19-16-13-27(8-5-18(16)32-25-19)21-15-4-6-22-20(15)23-14-24-21/h4,6,14H,2-3,5,7-13H2,1H3,(H,22,23,24). The summed E-state index contributed by atoms with van der Waals surface area (Å²) in [6, 6.07) is 1.95. The molecule has 0 aromatic carbocycles. The maximum absolute atomic E-state index is 12.9. The summed E-state index contributed by atoms with van der Waals surface area (Å²) in [6.07, 6.45) is 6.36. The van der Waals surface area contributed by atoms with Crippen LogP contribution in [0.4, 0.5) is 5.82 Å². The van der Waals surface area contributed by atoms with Crippen LogP contribution in [0.5, 0.6) is 0 Å². The van der Waals surface area contributed by atoms with Crippen molar-refractivity contribution < 1.29 is 17.7 Å². The average molecular weight is 474 g/mol. The molecule has 0 saturated carbocycles. The third-order valence-electron chi connectivity index (χ3n) is 6.40. The van der Waals surface area contributed by atoms with Crippen LogP contribution in [0.1, 0.15) is 34.7 Å². The Balaban J connectivity index is 1.20. The molecule has 1 fully saturated rings. The second-order valence-electron chi connectivity index (χ2n) is 8.57. The van der Waals surface area contributed by atoms with Gasteiger partial charge in [-0.2, -0.15) is 4.31 Å². The quantitative estimate of drug-likeness (QED) is 0.501. The van der Waals surface area contributed by atoms with Crippen LogP contribution < -0.4 is 4.90 Å². The summed E-state index contributed by atoms with van der Waals surface area (Å²) in [4.78, 5) is 29.1. The first-order valence-corrected chi connectivity index (χ1v) is 13.0. The van der Waals surface area contributed by atoms with Gasteiger partial charge in [0, 0.05) is 57.3 Å². The molecule has 1 saturated heterocycles. The van der Waals surface area contributed by atoms with Gasteiger partial charge in [-0.15, -0.1) is 0 Å². The molecule has 5 heterocycles. The highest BCUT2D eigenvalue weighted by Crippen LogP contribution is 2.30. The lowest BCUT2D eigenvalue weighted by molar-refractivity contribution is 0.0962. The zero-order valence-corrected chi connectivity index (χ0v) is 19.3. The number of hydrogen-bond donors (Lipinski definition) is 1. The normalized spacial score (nSPS) is 18.0. The Kier molecular flexibility index (Phi) is 5.89. The second-order valence-corrected chi connectivity index (χ2v) is 10.6. The Morgan fingerprint density at radius 1 is 1.18 bits per heavy atom. The predicted molar refractivity (Wildman–Crippen MR) is 122 cm³/mol. The van der Waals surface area contributed by atoms with Crippen LogP contribution in [0.3, 0.4) is 0 Å². The monoisotopic (exact) mass is 473 g/mol. The van der Waals surface area contributed by atoms with Crippen LogP contribution in [0, 0.1) is 0 Å². The lowest BCUT2D eigenvalue weighted by atomic mass is 10.0. The summed E-state index contributed by atoms with van der Waals surface area (Å²) in [7, 11) is -3.14. The van der Waals surface area contributed by atoms with Crippen molar-refractivity contribution in [2.24, 2.45) is 0 Å². The fourth-order valence-electron chi connectivity index (χ4n) is 4.59. The highest BCUT2D eigenvalue weighted by Gasteiger charge is 2.29. The van der Waals surface area contributed by atoms with Crippen LogP contribution >= 0.6 is 0 Å². The molecule has 2 aliphatic heterocycles. The van der Waals surface area contributed by atoms with E-state index in [0.717, 1.165) is 41.3 Å². The SMILES string of the molecule is CS(=O)(=O)N1CCN(CCCC(=O)c2noc3c2CN(c2ncnc4[nH]ccc24)CC3)CC1. The topological polar surface area (TPSA) is 129 Å². The second kappa shape index (κ2) is 8.84. The molecule has 0 unspecified atom stereocenters. The molecule has 2 aliphatic rings. The number of nitrogens with zero attached hydrogens (tertiary/aromatic N) is 6. The van der Waals surface area contributed by atoms with Gasteiger partial charge in [0.25, 0.3) is 0 Å². The number of fused-ring (bicyclic) bond motifs is 2. The van der Waals surface area contributed by atoms with Gasteiger partial charge in [0.05, 0.1) is 18.2 Å². The summed E-state index contributed by atoms with van der Waals surface area (Å²) in [5.41, 5.74) is 2.04. The molecule has 0 spiro atoms. The zero-order chi connectivity index (χ0) is 23.0. The molecule has 0 amide bonds. The van der Waals surface area contributed by atoms with Crippen LogP contribution in [0.2, 0.25) is 0 Å². The van der Waals surface area contributed by atoms with Crippen LogP contribution in [-0.4, -0.2) is 89.0 Å². The fraction of sp³-hybridized carbons (Fsp3) is 0.524. The number of hydrogen-bond acceptors (Lipinski definition) is 9. The number of aromatic amines is 1. The van der Waals surface area contributed by atoms with Crippen molar-refractivity contribution in [2.75, 3.05) is 50.4 Å². The van der Waals surface area contributed by atoms with Gasteiger partial charge in [-0.25, -0.2) is 18.4 Å². The van der Waals surface area contributed by atoms with Crippen molar-refractivity contribution in [3.63, 3.8) is 0 Å². The maximum atomic E-state index is 12.9. The summed E-state index contributed by atoms with van der Waals surface area (Å²) in [5, 5.41) is 5.05. The van der Waals surface area contributed by atoms with Gasteiger partial charge in [-0.05, 0) is 19.0 Å². The van der Waals surface area contributed by atoms with Crippen molar-refractivity contribution in [1.29, 1.82) is 0 Å². The fourth-order valence-corrected chi connectivity index (χ4v) is 5.41. The number of aromatic nitrogens is 4. The molecule has 5 rings (SSSR count). The van der Waals surface area contributed by atoms with Crippen molar-refractivity contribution in [1.82, 2.24) is 29.3 Å². The molecule has 11 nitrogen and oxygen atoms in total. The first-order valence-electron chi connectivity index (χ1n) is 11.1. The molecule has 12 heteroatoms. The highest BCUT2D eigenvalue weighted by molar-refractivity contribution is 7.88. The summed E-state index contributed by atoms with van der Waals surface area (Å²) < 4.78 is 30.3. The summed E-state index contributed by atoms with van der Waals surface area (Å²) >= 11 is 0. The molecule has 3 aromatic heterocycles. The number of H-pyrrole nitrogens is 1. The van der Waals surface area contributed by atoms with E-state index >= 15 is 0 Å². The van der Waals surface area contributed by atoms with Crippen molar-refractivity contribution >= 4 is 32.7 Å². The molecule has 3 aromatic rings. The minimum absolute atomic E-state index is 0.0221. The minimum Gasteiger partial charge on any atom is -0.360 e. The van der Waals surface area contributed by atoms with Crippen molar-refractivity contribution in [3.05, 3.63) is 35.6 Å². The largest absolute Gasteiger partial charge is 0.360 e. The van der Waals surface area contributed by atoms with Gasteiger partial charge in [0.2, 0.25) is 10.0 Å². The minimum atomic E-state index is -3.14. The number of carbonyl (C=O) groups is 1. The van der Waals surface area contributed by atoms with Gasteiger partial charge in [-0.1, -0.05) is 5.16 Å². The maximum Gasteiger partial charge on any atom is 0.211 e. The van der Waals surface area contributed by atoms with E-state index in [4.69, 9.17) is 4.52 Å². The van der Waals surface area contributed by atoms with Crippen LogP contribution in [0.15, 0.2) is 23.1 Å². The van der Waals surface area contributed by atoms with Gasteiger partial charge in [-0.3, -0.25) is 4.79 Å². The molecule has 33 heavy (non-hydrogen) atoms. The Bertz CT molecular complexity index is 1260. The smallest absolute Gasteiger partial charge is 0.211 e. The number of ketones is 1. The molecule has 0 radical (unpaired) electrons. The zero-order valence-electron chi connectivity index (χ0n) is 18.5. The first kappa shape index (κ1) is 22.0. The number of anilines is 1. The molecule has 176 valence electrons. The summed E-state index contributed by atoms with van der Waals surface area (Å²) in [6.45, 7) is 4.36. The van der Waals surface area contributed by atoms with Gasteiger partial charge >= 0.3 is 0 Å². The lowest BCUT2D eigenvalue weighted by Gasteiger charge is -2.33. The van der Waals surface area contributed by atoms with Crippen molar-refractivity contribution in [2.45, 2.75) is 25.8 Å². The van der Waals surface area contributed by atoms with Gasteiger partial charge in [0.15, 0.2) is 11.5 Å². The Hall–Kier alpha value is -2.83. The van der Waals surface area contributed by atoms with E-state index in [1.165, 1.54) is 10.6 Å². The van der Waals surface area contributed by atoms with E-state index in [0.29, 0.717) is 57.7 Å². The average Bonchev–Trinajstić information content (AvgIpc) is 3.45. The Morgan fingerprint density at radius 3 is 2.79 bits per heavy atom. The van der Waals surface area contributed by atoms with Crippen LogP contribution in [-0.2, 0) is 23.0 Å². The van der Waals surface area contributed by atoms with Gasteiger partial charge in [0.1, 0.15) is 23.6 Å². The number of piperazine rings is 1. The number of rotatable bonds is 7. The van der Waals surface area contributed by atoms with E-state index in [1.54, 1.807) is 6.33 Å². The number of Topliss-reactive ketones (excluding diaryl/α,β-unsaturated/α-hetero) is 1. The number of nitrogens with one attached hydrogen (secondary N) is 1. The Morgan fingerprint density at radius 2 is 2.00 bits per heavy atom. The molecule has 0 aliphatic carbocycles.